The number of fused-ring (bicyclic) bond motifs is 1. The van der Waals surface area contributed by atoms with Crippen molar-refractivity contribution in [1.29, 1.82) is 0 Å². The van der Waals surface area contributed by atoms with Gasteiger partial charge in [-0.2, -0.15) is 5.10 Å². The number of hydrogen-bond acceptors (Lipinski definition) is 4. The van der Waals surface area contributed by atoms with Gasteiger partial charge in [-0.05, 0) is 25.5 Å². The van der Waals surface area contributed by atoms with Crippen LogP contribution in [-0.4, -0.2) is 57.0 Å². The van der Waals surface area contributed by atoms with Crippen LogP contribution < -0.4 is 0 Å². The highest BCUT2D eigenvalue weighted by molar-refractivity contribution is 5.78. The second-order valence-electron chi connectivity index (χ2n) is 7.35. The van der Waals surface area contributed by atoms with Crippen LogP contribution >= 0.6 is 0 Å². The lowest BCUT2D eigenvalue weighted by molar-refractivity contribution is -0.127. The van der Waals surface area contributed by atoms with Crippen molar-refractivity contribution in [2.75, 3.05) is 26.7 Å². The summed E-state index contributed by atoms with van der Waals surface area (Å²) in [5.41, 5.74) is 4.15. The molecule has 1 saturated heterocycles. The van der Waals surface area contributed by atoms with Crippen molar-refractivity contribution >= 4 is 11.6 Å². The molecule has 3 aromatic rings. The number of benzene rings is 1. The topological polar surface area (TPSA) is 53.7 Å². The summed E-state index contributed by atoms with van der Waals surface area (Å²) in [6, 6.07) is 10.2. The Morgan fingerprint density at radius 3 is 2.78 bits per heavy atom. The molecule has 1 fully saturated rings. The van der Waals surface area contributed by atoms with Crippen LogP contribution in [0.5, 0.6) is 0 Å². The number of likely N-dealkylation sites (tertiary alicyclic amines) is 1. The monoisotopic (exact) mass is 363 g/mol. The summed E-state index contributed by atoms with van der Waals surface area (Å²) in [6.45, 7) is 5.42. The number of rotatable bonds is 6. The fraction of sp³-hybridized carbons (Fsp3) is 0.381. The van der Waals surface area contributed by atoms with Crippen molar-refractivity contribution in [3.8, 4) is 11.1 Å². The zero-order valence-corrected chi connectivity index (χ0v) is 15.9. The van der Waals surface area contributed by atoms with E-state index in [0.717, 1.165) is 48.5 Å². The smallest absolute Gasteiger partial charge is 0.222 e. The molecule has 3 heterocycles. The quantitative estimate of drug-likeness (QED) is 0.676. The fourth-order valence-electron chi connectivity index (χ4n) is 3.92. The Kier molecular flexibility index (Phi) is 4.90. The van der Waals surface area contributed by atoms with Gasteiger partial charge in [0.15, 0.2) is 5.65 Å². The molecule has 6 nitrogen and oxygen atoms in total. The van der Waals surface area contributed by atoms with Crippen LogP contribution in [0.1, 0.15) is 18.9 Å². The summed E-state index contributed by atoms with van der Waals surface area (Å²) >= 11 is 0. The van der Waals surface area contributed by atoms with Crippen molar-refractivity contribution in [3.63, 3.8) is 0 Å². The minimum Gasteiger partial charge on any atom is -0.343 e. The van der Waals surface area contributed by atoms with Crippen LogP contribution in [0.15, 0.2) is 48.9 Å². The molecule has 1 aliphatic rings. The molecule has 1 aliphatic heterocycles. The zero-order valence-electron chi connectivity index (χ0n) is 15.9. The van der Waals surface area contributed by atoms with E-state index >= 15 is 0 Å². The van der Waals surface area contributed by atoms with Crippen LogP contribution in [0.4, 0.5) is 0 Å². The Morgan fingerprint density at radius 1 is 1.22 bits per heavy atom. The lowest BCUT2D eigenvalue weighted by Crippen LogP contribution is -2.28. The van der Waals surface area contributed by atoms with Crippen LogP contribution in [-0.2, 0) is 11.3 Å². The van der Waals surface area contributed by atoms with Gasteiger partial charge in [0.2, 0.25) is 5.91 Å². The van der Waals surface area contributed by atoms with Crippen molar-refractivity contribution in [1.82, 2.24) is 24.4 Å². The Morgan fingerprint density at radius 2 is 2.04 bits per heavy atom. The second-order valence-corrected chi connectivity index (χ2v) is 7.35. The van der Waals surface area contributed by atoms with Gasteiger partial charge in [0.25, 0.3) is 0 Å². The highest BCUT2D eigenvalue weighted by atomic mass is 16.2. The Balaban J connectivity index is 1.45. The summed E-state index contributed by atoms with van der Waals surface area (Å²) < 4.78 is 1.85. The summed E-state index contributed by atoms with van der Waals surface area (Å²) in [6.07, 6.45) is 6.51. The summed E-state index contributed by atoms with van der Waals surface area (Å²) in [5, 5.41) is 4.48. The summed E-state index contributed by atoms with van der Waals surface area (Å²) in [5.74, 6) is 0.692. The number of amides is 1. The van der Waals surface area contributed by atoms with E-state index in [1.165, 1.54) is 0 Å². The average Bonchev–Trinajstić information content (AvgIpc) is 3.24. The maximum Gasteiger partial charge on any atom is 0.222 e. The largest absolute Gasteiger partial charge is 0.343 e. The van der Waals surface area contributed by atoms with Gasteiger partial charge in [-0.25, -0.2) is 9.50 Å². The molecule has 0 N–H and O–H groups in total. The van der Waals surface area contributed by atoms with Gasteiger partial charge in [0.05, 0.1) is 6.20 Å². The van der Waals surface area contributed by atoms with Gasteiger partial charge in [-0.3, -0.25) is 4.79 Å². The van der Waals surface area contributed by atoms with Crippen LogP contribution in [0.3, 0.4) is 0 Å². The Hall–Kier alpha value is -2.73. The van der Waals surface area contributed by atoms with E-state index in [0.29, 0.717) is 12.3 Å². The molecule has 2 aromatic heterocycles. The highest BCUT2D eigenvalue weighted by Gasteiger charge is 2.28. The number of carbonyl (C=O) groups is 1. The second kappa shape index (κ2) is 7.48. The number of nitrogens with zero attached hydrogens (tertiary/aromatic N) is 5. The molecular formula is C21H25N5O. The lowest BCUT2D eigenvalue weighted by Gasteiger charge is -2.21. The van der Waals surface area contributed by atoms with E-state index in [1.807, 2.05) is 53.1 Å². The molecule has 0 saturated carbocycles. The molecule has 6 heteroatoms. The molecule has 4 rings (SSSR count). The van der Waals surface area contributed by atoms with Gasteiger partial charge in [-0.15, -0.1) is 0 Å². The minimum absolute atomic E-state index is 0.281. The van der Waals surface area contributed by atoms with Gasteiger partial charge in [0.1, 0.15) is 0 Å². The number of hydrogen-bond donors (Lipinski definition) is 0. The van der Waals surface area contributed by atoms with Crippen LogP contribution in [0.25, 0.3) is 16.8 Å². The first-order chi connectivity index (χ1) is 13.1. The van der Waals surface area contributed by atoms with Crippen molar-refractivity contribution in [2.45, 2.75) is 19.9 Å². The highest BCUT2D eigenvalue weighted by Crippen LogP contribution is 2.23. The molecular weight excluding hydrogens is 338 g/mol. The van der Waals surface area contributed by atoms with Gasteiger partial charge < -0.3 is 9.80 Å². The van der Waals surface area contributed by atoms with Gasteiger partial charge in [0, 0.05) is 56.1 Å². The lowest BCUT2D eigenvalue weighted by atomic mass is 10.1. The van der Waals surface area contributed by atoms with E-state index in [1.54, 1.807) is 0 Å². The SMILES string of the molecule is CCN1CC(CN(C)Cc2cnc3c(-c4ccccc4)cnn3c2)CC1=O. The number of carbonyl (C=O) groups excluding carboxylic acids is 1. The molecule has 1 aromatic carbocycles. The van der Waals surface area contributed by atoms with Gasteiger partial charge in [-0.1, -0.05) is 30.3 Å². The van der Waals surface area contributed by atoms with E-state index in [4.69, 9.17) is 0 Å². The zero-order chi connectivity index (χ0) is 18.8. The molecule has 0 spiro atoms. The molecule has 1 amide bonds. The van der Waals surface area contributed by atoms with E-state index in [-0.39, 0.29) is 5.91 Å². The third kappa shape index (κ3) is 3.71. The van der Waals surface area contributed by atoms with E-state index in [2.05, 4.69) is 34.2 Å². The molecule has 1 unspecified atom stereocenters. The van der Waals surface area contributed by atoms with Gasteiger partial charge >= 0.3 is 0 Å². The molecule has 0 aliphatic carbocycles. The standard InChI is InChI=1S/C21H25N5O/c1-3-25-14-16(9-20(25)27)12-24(2)13-17-10-22-21-19(11-23-26(21)15-17)18-7-5-4-6-8-18/h4-8,10-11,15-16H,3,9,12-14H2,1-2H3. The van der Waals surface area contributed by atoms with E-state index in [9.17, 15) is 4.79 Å². The maximum absolute atomic E-state index is 11.9. The molecule has 0 radical (unpaired) electrons. The normalized spacial score (nSPS) is 17.4. The van der Waals surface area contributed by atoms with Crippen molar-refractivity contribution < 1.29 is 4.79 Å². The summed E-state index contributed by atoms with van der Waals surface area (Å²) in [7, 11) is 2.10. The first-order valence-corrected chi connectivity index (χ1v) is 9.48. The maximum atomic E-state index is 11.9. The summed E-state index contributed by atoms with van der Waals surface area (Å²) in [4.78, 5) is 20.8. The first kappa shape index (κ1) is 17.7. The predicted molar refractivity (Wildman–Crippen MR) is 105 cm³/mol. The van der Waals surface area contributed by atoms with Crippen LogP contribution in [0, 0.1) is 5.92 Å². The average molecular weight is 363 g/mol. The third-order valence-corrected chi connectivity index (χ3v) is 5.19. The van der Waals surface area contributed by atoms with E-state index < -0.39 is 0 Å². The Labute approximate surface area is 159 Å². The third-order valence-electron chi connectivity index (χ3n) is 5.19. The predicted octanol–water partition coefficient (Wildman–Crippen LogP) is 2.70. The minimum atomic E-state index is 0.281. The molecule has 0 bridgehead atoms. The first-order valence-electron chi connectivity index (χ1n) is 9.48. The van der Waals surface area contributed by atoms with Crippen LogP contribution in [0.2, 0.25) is 0 Å². The molecule has 27 heavy (non-hydrogen) atoms. The van der Waals surface area contributed by atoms with Crippen molar-refractivity contribution in [3.05, 3.63) is 54.5 Å². The molecule has 1 atom stereocenters. The molecule has 140 valence electrons. The number of aromatic nitrogens is 3. The van der Waals surface area contributed by atoms with Crippen molar-refractivity contribution in [2.24, 2.45) is 5.92 Å². The fourth-order valence-corrected chi connectivity index (χ4v) is 3.92. The Bertz CT molecular complexity index is 936.